The molecule has 0 fully saturated rings. The summed E-state index contributed by atoms with van der Waals surface area (Å²) in [6.45, 7) is 1.88. The van der Waals surface area contributed by atoms with Gasteiger partial charge in [-0.25, -0.2) is 9.97 Å². The number of ketones is 1. The van der Waals surface area contributed by atoms with E-state index in [1.54, 1.807) is 24.4 Å². The van der Waals surface area contributed by atoms with Crippen molar-refractivity contribution in [2.75, 3.05) is 0 Å². The molecule has 0 aliphatic carbocycles. The van der Waals surface area contributed by atoms with Crippen LogP contribution in [0.4, 0.5) is 13.2 Å². The Morgan fingerprint density at radius 2 is 1.86 bits per heavy atom. The van der Waals surface area contributed by atoms with E-state index in [4.69, 9.17) is 4.42 Å². The fraction of sp³-hybridized carbons (Fsp3) is 0.409. The number of nitrogens with zero attached hydrogens (tertiary/aromatic N) is 2. The number of alkyl halides is 3. The van der Waals surface area contributed by atoms with Crippen LogP contribution in [0.25, 0.3) is 22.2 Å². The Balaban J connectivity index is 1.58. The SMILES string of the molecule is CCC(=O)CCCCCCc1ncc(-c2ccc3nc(C(F)(F)F)ccc3c2)o1. The van der Waals surface area contributed by atoms with Gasteiger partial charge in [0.2, 0.25) is 0 Å². The predicted octanol–water partition coefficient (Wildman–Crippen LogP) is 6.38. The highest BCUT2D eigenvalue weighted by Gasteiger charge is 2.32. The van der Waals surface area contributed by atoms with Gasteiger partial charge in [-0.1, -0.05) is 25.8 Å². The molecule has 0 radical (unpaired) electrons. The monoisotopic (exact) mass is 404 g/mol. The molecule has 7 heteroatoms. The van der Waals surface area contributed by atoms with Crippen LogP contribution in [-0.2, 0) is 17.4 Å². The summed E-state index contributed by atoms with van der Waals surface area (Å²) in [6.07, 6.45) is 3.02. The van der Waals surface area contributed by atoms with Crippen LogP contribution in [0.15, 0.2) is 40.9 Å². The second kappa shape index (κ2) is 9.20. The van der Waals surface area contributed by atoms with E-state index >= 15 is 0 Å². The summed E-state index contributed by atoms with van der Waals surface area (Å²) in [6, 6.07) is 7.38. The van der Waals surface area contributed by atoms with E-state index in [0.717, 1.165) is 37.3 Å². The Hall–Kier alpha value is -2.70. The van der Waals surface area contributed by atoms with Crippen molar-refractivity contribution in [2.24, 2.45) is 0 Å². The van der Waals surface area contributed by atoms with E-state index in [1.807, 2.05) is 6.92 Å². The Morgan fingerprint density at radius 3 is 2.62 bits per heavy atom. The molecule has 3 rings (SSSR count). The molecule has 0 aliphatic rings. The van der Waals surface area contributed by atoms with Crippen LogP contribution in [0.1, 0.15) is 57.0 Å². The van der Waals surface area contributed by atoms with Crippen LogP contribution in [0, 0.1) is 0 Å². The fourth-order valence-electron chi connectivity index (χ4n) is 3.12. The van der Waals surface area contributed by atoms with Gasteiger partial charge in [0.05, 0.1) is 11.7 Å². The number of halogens is 3. The molecule has 0 N–H and O–H groups in total. The van der Waals surface area contributed by atoms with Crippen LogP contribution >= 0.6 is 0 Å². The Labute approximate surface area is 167 Å². The minimum atomic E-state index is -4.46. The molecule has 0 bridgehead atoms. The van der Waals surface area contributed by atoms with Gasteiger partial charge in [0.25, 0.3) is 0 Å². The molecule has 1 aromatic carbocycles. The van der Waals surface area contributed by atoms with Crippen molar-refractivity contribution in [3.8, 4) is 11.3 Å². The summed E-state index contributed by atoms with van der Waals surface area (Å²) in [7, 11) is 0. The summed E-state index contributed by atoms with van der Waals surface area (Å²) >= 11 is 0. The van der Waals surface area contributed by atoms with Crippen LogP contribution < -0.4 is 0 Å². The van der Waals surface area contributed by atoms with E-state index in [9.17, 15) is 18.0 Å². The number of aromatic nitrogens is 2. The van der Waals surface area contributed by atoms with Gasteiger partial charge in [-0.05, 0) is 37.1 Å². The molecular formula is C22H23F3N2O2. The highest BCUT2D eigenvalue weighted by molar-refractivity contribution is 5.83. The summed E-state index contributed by atoms with van der Waals surface area (Å²) in [5.74, 6) is 1.52. The van der Waals surface area contributed by atoms with Gasteiger partial charge in [-0.2, -0.15) is 13.2 Å². The van der Waals surface area contributed by atoms with Gasteiger partial charge >= 0.3 is 6.18 Å². The lowest BCUT2D eigenvalue weighted by Crippen LogP contribution is -2.07. The molecule has 3 aromatic rings. The number of Topliss-reactive ketones (excluding diaryl/α,β-unsaturated/α-hetero) is 1. The van der Waals surface area contributed by atoms with Crippen LogP contribution in [0.2, 0.25) is 0 Å². The number of carbonyl (C=O) groups excluding carboxylic acids is 1. The summed E-state index contributed by atoms with van der Waals surface area (Å²) in [4.78, 5) is 19.2. The van der Waals surface area contributed by atoms with E-state index in [0.29, 0.717) is 42.1 Å². The van der Waals surface area contributed by atoms with Crippen LogP contribution in [0.3, 0.4) is 0 Å². The molecule has 0 spiro atoms. The number of benzene rings is 1. The number of aryl methyl sites for hydroxylation is 1. The van der Waals surface area contributed by atoms with Gasteiger partial charge in [-0.15, -0.1) is 0 Å². The minimum Gasteiger partial charge on any atom is -0.441 e. The molecular weight excluding hydrogens is 381 g/mol. The first-order valence-electron chi connectivity index (χ1n) is 9.81. The summed E-state index contributed by atoms with van der Waals surface area (Å²) < 4.78 is 44.1. The Bertz CT molecular complexity index is 980. The van der Waals surface area contributed by atoms with Crippen molar-refractivity contribution >= 4 is 16.7 Å². The van der Waals surface area contributed by atoms with Gasteiger partial charge in [-0.3, -0.25) is 4.79 Å². The van der Waals surface area contributed by atoms with Crippen molar-refractivity contribution in [1.29, 1.82) is 0 Å². The number of pyridine rings is 1. The lowest BCUT2D eigenvalue weighted by atomic mass is 10.1. The maximum atomic E-state index is 12.8. The van der Waals surface area contributed by atoms with Gasteiger partial charge in [0.15, 0.2) is 11.7 Å². The minimum absolute atomic E-state index is 0.282. The molecule has 2 aromatic heterocycles. The molecule has 0 unspecified atom stereocenters. The lowest BCUT2D eigenvalue weighted by molar-refractivity contribution is -0.141. The van der Waals surface area contributed by atoms with Gasteiger partial charge in [0, 0.05) is 30.2 Å². The number of hydrogen-bond donors (Lipinski definition) is 0. The standard InChI is InChI=1S/C22H23F3N2O2/c1-2-17(28)7-5-3-4-6-8-21-26-14-19(29-21)16-9-11-18-15(13-16)10-12-20(27-18)22(23,24)25/h9-14H,2-8H2,1H3. The number of rotatable bonds is 9. The molecule has 0 saturated heterocycles. The smallest absolute Gasteiger partial charge is 0.433 e. The molecule has 29 heavy (non-hydrogen) atoms. The zero-order chi connectivity index (χ0) is 20.9. The second-order valence-electron chi connectivity index (χ2n) is 7.03. The van der Waals surface area contributed by atoms with Gasteiger partial charge < -0.3 is 4.42 Å². The molecule has 0 saturated carbocycles. The van der Waals surface area contributed by atoms with Crippen molar-refractivity contribution in [1.82, 2.24) is 9.97 Å². The lowest BCUT2D eigenvalue weighted by Gasteiger charge is -2.07. The van der Waals surface area contributed by atoms with E-state index in [2.05, 4.69) is 9.97 Å². The van der Waals surface area contributed by atoms with E-state index < -0.39 is 11.9 Å². The molecule has 154 valence electrons. The average molecular weight is 404 g/mol. The number of unbranched alkanes of at least 4 members (excludes halogenated alkanes) is 3. The Kier molecular flexibility index (Phi) is 6.67. The van der Waals surface area contributed by atoms with Crippen molar-refractivity contribution in [3.63, 3.8) is 0 Å². The third-order valence-corrected chi connectivity index (χ3v) is 4.81. The first-order chi connectivity index (χ1) is 13.9. The first kappa shape index (κ1) is 21.0. The number of oxazole rings is 1. The highest BCUT2D eigenvalue weighted by atomic mass is 19.4. The highest BCUT2D eigenvalue weighted by Crippen LogP contribution is 2.30. The van der Waals surface area contributed by atoms with Crippen molar-refractivity contribution < 1.29 is 22.4 Å². The number of hydrogen-bond acceptors (Lipinski definition) is 4. The molecule has 2 heterocycles. The molecule has 4 nitrogen and oxygen atoms in total. The second-order valence-corrected chi connectivity index (χ2v) is 7.03. The van der Waals surface area contributed by atoms with Gasteiger partial charge in [0.1, 0.15) is 11.5 Å². The quantitative estimate of drug-likeness (QED) is 0.388. The van der Waals surface area contributed by atoms with Crippen LogP contribution in [0.5, 0.6) is 0 Å². The average Bonchev–Trinajstić information content (AvgIpc) is 3.17. The zero-order valence-corrected chi connectivity index (χ0v) is 16.3. The zero-order valence-electron chi connectivity index (χ0n) is 16.3. The van der Waals surface area contributed by atoms with Crippen LogP contribution in [-0.4, -0.2) is 15.8 Å². The number of carbonyl (C=O) groups is 1. The maximum Gasteiger partial charge on any atom is 0.433 e. The van der Waals surface area contributed by atoms with E-state index in [1.165, 1.54) is 6.07 Å². The maximum absolute atomic E-state index is 12.8. The third-order valence-electron chi connectivity index (χ3n) is 4.81. The largest absolute Gasteiger partial charge is 0.441 e. The van der Waals surface area contributed by atoms with E-state index in [-0.39, 0.29) is 5.52 Å². The summed E-state index contributed by atoms with van der Waals surface area (Å²) in [5.41, 5.74) is 0.125. The number of fused-ring (bicyclic) bond motifs is 1. The third kappa shape index (κ3) is 5.65. The van der Waals surface area contributed by atoms with Crippen molar-refractivity contribution in [3.05, 3.63) is 48.1 Å². The summed E-state index contributed by atoms with van der Waals surface area (Å²) in [5, 5.41) is 0.607. The molecule has 0 atom stereocenters. The fourth-order valence-corrected chi connectivity index (χ4v) is 3.12. The molecule has 0 aliphatic heterocycles. The van der Waals surface area contributed by atoms with Crippen molar-refractivity contribution in [2.45, 2.75) is 58.0 Å². The predicted molar refractivity (Wildman–Crippen MR) is 104 cm³/mol. The Morgan fingerprint density at radius 1 is 1.07 bits per heavy atom. The molecule has 0 amide bonds. The topological polar surface area (TPSA) is 56.0 Å². The normalized spacial score (nSPS) is 11.9. The first-order valence-corrected chi connectivity index (χ1v) is 9.81.